The molecule has 3 unspecified atom stereocenters. The van der Waals surface area contributed by atoms with E-state index >= 15 is 0 Å². The molecule has 110 valence electrons. The third-order valence-corrected chi connectivity index (χ3v) is 6.04. The standard InChI is InChI=1S/C17H32N2/c1-17(10-3-4-11-17)13-19-16-9-6-7-14(16)15-8-2-5-12-18-15/h14-16,18-19H,2-13H2,1H3. The molecule has 0 amide bonds. The van der Waals surface area contributed by atoms with Crippen molar-refractivity contribution >= 4 is 0 Å². The molecule has 0 bridgehead atoms. The van der Waals surface area contributed by atoms with Crippen LogP contribution < -0.4 is 10.6 Å². The van der Waals surface area contributed by atoms with Crippen LogP contribution in [-0.4, -0.2) is 25.2 Å². The maximum atomic E-state index is 3.97. The summed E-state index contributed by atoms with van der Waals surface area (Å²) in [7, 11) is 0. The average molecular weight is 264 g/mol. The number of rotatable bonds is 4. The molecule has 1 saturated heterocycles. The Balaban J connectivity index is 1.51. The van der Waals surface area contributed by atoms with Crippen LogP contribution in [0.3, 0.4) is 0 Å². The van der Waals surface area contributed by atoms with E-state index in [1.54, 1.807) is 0 Å². The summed E-state index contributed by atoms with van der Waals surface area (Å²) < 4.78 is 0. The Kier molecular flexibility index (Phi) is 4.48. The van der Waals surface area contributed by atoms with Gasteiger partial charge in [0.1, 0.15) is 0 Å². The molecule has 1 aliphatic heterocycles. The zero-order valence-electron chi connectivity index (χ0n) is 12.7. The highest BCUT2D eigenvalue weighted by molar-refractivity contribution is 4.94. The van der Waals surface area contributed by atoms with Crippen molar-refractivity contribution in [1.82, 2.24) is 10.6 Å². The minimum absolute atomic E-state index is 0.604. The molecule has 2 heteroatoms. The van der Waals surface area contributed by atoms with Gasteiger partial charge in [0.25, 0.3) is 0 Å². The van der Waals surface area contributed by atoms with Gasteiger partial charge >= 0.3 is 0 Å². The quantitative estimate of drug-likeness (QED) is 0.812. The van der Waals surface area contributed by atoms with Gasteiger partial charge in [0.2, 0.25) is 0 Å². The van der Waals surface area contributed by atoms with Gasteiger partial charge in [0.05, 0.1) is 0 Å². The molecule has 2 nitrogen and oxygen atoms in total. The first-order valence-electron chi connectivity index (χ1n) is 8.74. The molecule has 0 spiro atoms. The van der Waals surface area contributed by atoms with E-state index in [1.165, 1.54) is 77.3 Å². The van der Waals surface area contributed by atoms with Gasteiger partial charge in [-0.25, -0.2) is 0 Å². The van der Waals surface area contributed by atoms with Gasteiger partial charge in [-0.2, -0.15) is 0 Å². The van der Waals surface area contributed by atoms with Crippen LogP contribution in [-0.2, 0) is 0 Å². The topological polar surface area (TPSA) is 24.1 Å². The van der Waals surface area contributed by atoms with Crippen LogP contribution in [0.5, 0.6) is 0 Å². The molecular weight excluding hydrogens is 232 g/mol. The smallest absolute Gasteiger partial charge is 0.0110 e. The van der Waals surface area contributed by atoms with Crippen LogP contribution in [0.25, 0.3) is 0 Å². The highest BCUT2D eigenvalue weighted by atomic mass is 15.0. The monoisotopic (exact) mass is 264 g/mol. The first-order valence-corrected chi connectivity index (χ1v) is 8.74. The van der Waals surface area contributed by atoms with E-state index in [0.29, 0.717) is 5.41 Å². The summed E-state index contributed by atoms with van der Waals surface area (Å²) in [5.74, 6) is 0.908. The van der Waals surface area contributed by atoms with Crippen molar-refractivity contribution in [1.29, 1.82) is 0 Å². The van der Waals surface area contributed by atoms with Crippen molar-refractivity contribution in [2.75, 3.05) is 13.1 Å². The summed E-state index contributed by atoms with van der Waals surface area (Å²) in [4.78, 5) is 0. The molecule has 3 rings (SSSR count). The van der Waals surface area contributed by atoms with E-state index in [2.05, 4.69) is 17.6 Å². The Bertz CT molecular complexity index is 277. The number of hydrogen-bond donors (Lipinski definition) is 2. The molecule has 3 atom stereocenters. The van der Waals surface area contributed by atoms with E-state index in [9.17, 15) is 0 Å². The van der Waals surface area contributed by atoms with Crippen LogP contribution in [0.4, 0.5) is 0 Å². The fraction of sp³-hybridized carbons (Fsp3) is 1.00. The van der Waals surface area contributed by atoms with Crippen molar-refractivity contribution < 1.29 is 0 Å². The highest BCUT2D eigenvalue weighted by Crippen LogP contribution is 2.38. The maximum absolute atomic E-state index is 3.97. The Morgan fingerprint density at radius 3 is 2.58 bits per heavy atom. The minimum atomic E-state index is 0.604. The van der Waals surface area contributed by atoms with Crippen LogP contribution in [0.2, 0.25) is 0 Å². The summed E-state index contributed by atoms with van der Waals surface area (Å²) in [6.07, 6.45) is 14.4. The van der Waals surface area contributed by atoms with Crippen LogP contribution in [0.1, 0.15) is 71.1 Å². The molecule has 1 heterocycles. The van der Waals surface area contributed by atoms with Gasteiger partial charge in [0.15, 0.2) is 0 Å². The molecular formula is C17H32N2. The third kappa shape index (κ3) is 3.33. The van der Waals surface area contributed by atoms with E-state index < -0.39 is 0 Å². The summed E-state index contributed by atoms with van der Waals surface area (Å²) in [6.45, 7) is 5.02. The largest absolute Gasteiger partial charge is 0.314 e. The molecule has 0 aromatic rings. The van der Waals surface area contributed by atoms with Crippen LogP contribution in [0, 0.1) is 11.3 Å². The number of hydrogen-bond acceptors (Lipinski definition) is 2. The molecule has 3 fully saturated rings. The van der Waals surface area contributed by atoms with E-state index in [4.69, 9.17) is 0 Å². The van der Waals surface area contributed by atoms with Crippen LogP contribution in [0.15, 0.2) is 0 Å². The van der Waals surface area contributed by atoms with E-state index in [-0.39, 0.29) is 0 Å². The second-order valence-corrected chi connectivity index (χ2v) is 7.66. The fourth-order valence-electron chi connectivity index (χ4n) is 4.75. The molecule has 2 saturated carbocycles. The lowest BCUT2D eigenvalue weighted by Gasteiger charge is -2.35. The average Bonchev–Trinajstić information content (AvgIpc) is 3.07. The fourth-order valence-corrected chi connectivity index (χ4v) is 4.75. The highest BCUT2D eigenvalue weighted by Gasteiger charge is 2.36. The molecule has 0 radical (unpaired) electrons. The van der Waals surface area contributed by atoms with E-state index in [0.717, 1.165) is 18.0 Å². The molecule has 19 heavy (non-hydrogen) atoms. The lowest BCUT2D eigenvalue weighted by Crippen LogP contribution is -2.48. The summed E-state index contributed by atoms with van der Waals surface area (Å²) in [5, 5.41) is 7.76. The van der Waals surface area contributed by atoms with Crippen molar-refractivity contribution in [3.8, 4) is 0 Å². The maximum Gasteiger partial charge on any atom is 0.0110 e. The summed E-state index contributed by atoms with van der Waals surface area (Å²) >= 11 is 0. The van der Waals surface area contributed by atoms with Gasteiger partial charge in [-0.05, 0) is 56.4 Å². The Morgan fingerprint density at radius 2 is 1.84 bits per heavy atom. The van der Waals surface area contributed by atoms with Crippen molar-refractivity contribution in [2.45, 2.75) is 83.2 Å². The Hall–Kier alpha value is -0.0800. The van der Waals surface area contributed by atoms with Gasteiger partial charge in [-0.15, -0.1) is 0 Å². The Morgan fingerprint density at radius 1 is 1.00 bits per heavy atom. The SMILES string of the molecule is CC1(CNC2CCCC2C2CCCCN2)CCCC1. The minimum Gasteiger partial charge on any atom is -0.314 e. The molecule has 3 aliphatic rings. The van der Waals surface area contributed by atoms with E-state index in [1.807, 2.05) is 0 Å². The molecule has 0 aromatic carbocycles. The number of piperidine rings is 1. The lowest BCUT2D eigenvalue weighted by atomic mass is 9.86. The van der Waals surface area contributed by atoms with Crippen molar-refractivity contribution in [2.24, 2.45) is 11.3 Å². The first-order chi connectivity index (χ1) is 9.27. The number of nitrogens with one attached hydrogen (secondary N) is 2. The lowest BCUT2D eigenvalue weighted by molar-refractivity contribution is 0.230. The second-order valence-electron chi connectivity index (χ2n) is 7.66. The zero-order valence-corrected chi connectivity index (χ0v) is 12.7. The second kappa shape index (κ2) is 6.13. The van der Waals surface area contributed by atoms with Gasteiger partial charge < -0.3 is 10.6 Å². The normalized spacial score (nSPS) is 38.7. The summed E-state index contributed by atoms with van der Waals surface area (Å²) in [6, 6.07) is 1.61. The third-order valence-electron chi connectivity index (χ3n) is 6.04. The zero-order chi connectivity index (χ0) is 13.1. The Labute approximate surface area is 119 Å². The first kappa shape index (κ1) is 13.9. The summed E-state index contributed by atoms with van der Waals surface area (Å²) in [5.41, 5.74) is 0.604. The molecule has 2 aliphatic carbocycles. The van der Waals surface area contributed by atoms with Crippen LogP contribution >= 0.6 is 0 Å². The molecule has 2 N–H and O–H groups in total. The molecule has 0 aromatic heterocycles. The van der Waals surface area contributed by atoms with Crippen molar-refractivity contribution in [3.63, 3.8) is 0 Å². The van der Waals surface area contributed by atoms with Crippen molar-refractivity contribution in [3.05, 3.63) is 0 Å². The van der Waals surface area contributed by atoms with Gasteiger partial charge in [-0.1, -0.05) is 32.6 Å². The van der Waals surface area contributed by atoms with Gasteiger partial charge in [0, 0.05) is 18.6 Å². The predicted molar refractivity (Wildman–Crippen MR) is 81.3 cm³/mol. The predicted octanol–water partition coefficient (Wildman–Crippen LogP) is 3.47. The van der Waals surface area contributed by atoms with Gasteiger partial charge in [-0.3, -0.25) is 0 Å².